The molecule has 0 unspecified atom stereocenters. The van der Waals surface area contributed by atoms with Gasteiger partial charge in [-0.2, -0.15) is 0 Å². The maximum atomic E-state index is 12.1. The molecule has 20 heavy (non-hydrogen) atoms. The molecule has 0 radical (unpaired) electrons. The molecule has 5 heteroatoms. The molecule has 5 nitrogen and oxygen atoms in total. The van der Waals surface area contributed by atoms with Crippen LogP contribution in [0.1, 0.15) is 17.4 Å². The zero-order valence-electron chi connectivity index (χ0n) is 11.0. The lowest BCUT2D eigenvalue weighted by atomic mass is 10.2. The molecular weight excluding hydrogens is 254 g/mol. The normalized spacial score (nSPS) is 10.7. The number of nitrogens with zero attached hydrogens (tertiary/aromatic N) is 3. The molecule has 0 saturated heterocycles. The Kier molecular flexibility index (Phi) is 3.16. The predicted molar refractivity (Wildman–Crippen MR) is 74.4 cm³/mol. The summed E-state index contributed by atoms with van der Waals surface area (Å²) in [5.74, 6) is -0.433. The highest BCUT2D eigenvalue weighted by atomic mass is 16.5. The fraction of sp³-hybridized carbons (Fsp3) is 0.133. The third-order valence-corrected chi connectivity index (χ3v) is 2.91. The van der Waals surface area contributed by atoms with Crippen LogP contribution in [0.5, 0.6) is 0 Å². The lowest BCUT2D eigenvalue weighted by Gasteiger charge is -2.04. The highest BCUT2D eigenvalue weighted by Crippen LogP contribution is 2.23. The molecule has 0 aliphatic rings. The van der Waals surface area contributed by atoms with E-state index in [4.69, 9.17) is 4.74 Å². The number of hydrogen-bond donors (Lipinski definition) is 0. The molecule has 0 bridgehead atoms. The van der Waals surface area contributed by atoms with Crippen molar-refractivity contribution < 1.29 is 9.53 Å². The first-order chi connectivity index (χ1) is 9.81. The van der Waals surface area contributed by atoms with Gasteiger partial charge in [0.25, 0.3) is 0 Å². The molecule has 0 aliphatic heterocycles. The van der Waals surface area contributed by atoms with Crippen LogP contribution in [-0.2, 0) is 4.74 Å². The Morgan fingerprint density at radius 2 is 2.10 bits per heavy atom. The molecule has 0 N–H and O–H groups in total. The standard InChI is InChI=1S/C15H13N3O2/c1-2-20-15(19)13-14(11-7-3-5-9-16-11)18-10-6-4-8-12(18)17-13/h3-10H,2H2,1H3. The number of hydrogen-bond acceptors (Lipinski definition) is 4. The minimum absolute atomic E-state index is 0.289. The summed E-state index contributed by atoms with van der Waals surface area (Å²) >= 11 is 0. The maximum absolute atomic E-state index is 12.1. The number of carbonyl (C=O) groups excluding carboxylic acids is 1. The van der Waals surface area contributed by atoms with E-state index in [9.17, 15) is 4.79 Å². The Bertz CT molecular complexity index is 750. The third-order valence-electron chi connectivity index (χ3n) is 2.91. The summed E-state index contributed by atoms with van der Waals surface area (Å²) < 4.78 is 6.92. The van der Waals surface area contributed by atoms with Crippen molar-refractivity contribution in [2.75, 3.05) is 6.61 Å². The van der Waals surface area contributed by atoms with Gasteiger partial charge in [0.15, 0.2) is 5.69 Å². The fourth-order valence-corrected chi connectivity index (χ4v) is 2.09. The van der Waals surface area contributed by atoms with E-state index in [0.717, 1.165) is 0 Å². The van der Waals surface area contributed by atoms with Crippen LogP contribution >= 0.6 is 0 Å². The summed E-state index contributed by atoms with van der Waals surface area (Å²) in [4.78, 5) is 20.7. The first-order valence-electron chi connectivity index (χ1n) is 6.37. The van der Waals surface area contributed by atoms with E-state index in [-0.39, 0.29) is 5.69 Å². The van der Waals surface area contributed by atoms with Gasteiger partial charge >= 0.3 is 5.97 Å². The van der Waals surface area contributed by atoms with E-state index in [2.05, 4.69) is 9.97 Å². The van der Waals surface area contributed by atoms with Crippen LogP contribution in [0.2, 0.25) is 0 Å². The van der Waals surface area contributed by atoms with E-state index >= 15 is 0 Å². The van der Waals surface area contributed by atoms with E-state index in [0.29, 0.717) is 23.6 Å². The Balaban J connectivity index is 2.26. The largest absolute Gasteiger partial charge is 0.461 e. The van der Waals surface area contributed by atoms with Gasteiger partial charge in [0, 0.05) is 12.4 Å². The molecular formula is C15H13N3O2. The Morgan fingerprint density at radius 3 is 2.85 bits per heavy atom. The minimum atomic E-state index is -0.433. The number of rotatable bonds is 3. The molecule has 3 aromatic rings. The summed E-state index contributed by atoms with van der Waals surface area (Å²) in [5, 5.41) is 0. The van der Waals surface area contributed by atoms with Crippen molar-refractivity contribution in [1.29, 1.82) is 0 Å². The van der Waals surface area contributed by atoms with Gasteiger partial charge < -0.3 is 4.74 Å². The first kappa shape index (κ1) is 12.3. The molecule has 0 aromatic carbocycles. The van der Waals surface area contributed by atoms with Gasteiger partial charge in [-0.25, -0.2) is 9.78 Å². The number of esters is 1. The number of pyridine rings is 2. The second-order valence-corrected chi connectivity index (χ2v) is 4.17. The number of carbonyl (C=O) groups is 1. The van der Waals surface area contributed by atoms with Crippen molar-refractivity contribution in [3.63, 3.8) is 0 Å². The summed E-state index contributed by atoms with van der Waals surface area (Å²) in [6.45, 7) is 2.09. The van der Waals surface area contributed by atoms with Gasteiger partial charge in [0.1, 0.15) is 11.3 Å². The van der Waals surface area contributed by atoms with Crippen LogP contribution in [0, 0.1) is 0 Å². The van der Waals surface area contributed by atoms with Crippen LogP contribution < -0.4 is 0 Å². The van der Waals surface area contributed by atoms with Gasteiger partial charge in [-0.05, 0) is 31.2 Å². The molecule has 0 atom stereocenters. The van der Waals surface area contributed by atoms with Crippen molar-refractivity contribution in [3.8, 4) is 11.4 Å². The van der Waals surface area contributed by atoms with Gasteiger partial charge in [-0.15, -0.1) is 0 Å². The minimum Gasteiger partial charge on any atom is -0.461 e. The predicted octanol–water partition coefficient (Wildman–Crippen LogP) is 2.57. The average Bonchev–Trinajstić information content (AvgIpc) is 2.88. The second kappa shape index (κ2) is 5.13. The van der Waals surface area contributed by atoms with Crippen LogP contribution in [0.4, 0.5) is 0 Å². The van der Waals surface area contributed by atoms with Gasteiger partial charge in [-0.1, -0.05) is 12.1 Å². The summed E-state index contributed by atoms with van der Waals surface area (Å²) in [6, 6.07) is 11.2. The summed E-state index contributed by atoms with van der Waals surface area (Å²) in [6.07, 6.45) is 3.54. The number of fused-ring (bicyclic) bond motifs is 1. The zero-order chi connectivity index (χ0) is 13.9. The van der Waals surface area contributed by atoms with Crippen molar-refractivity contribution >= 4 is 11.6 Å². The number of aromatic nitrogens is 3. The van der Waals surface area contributed by atoms with E-state index in [1.165, 1.54) is 0 Å². The topological polar surface area (TPSA) is 56.5 Å². The fourth-order valence-electron chi connectivity index (χ4n) is 2.09. The number of ether oxygens (including phenoxy) is 1. The lowest BCUT2D eigenvalue weighted by molar-refractivity contribution is 0.0521. The van der Waals surface area contributed by atoms with Crippen LogP contribution in [0.25, 0.3) is 17.0 Å². The Labute approximate surface area is 115 Å². The molecule has 0 fully saturated rings. The Morgan fingerprint density at radius 1 is 1.25 bits per heavy atom. The molecule has 3 aromatic heterocycles. The summed E-state index contributed by atoms with van der Waals surface area (Å²) in [5.41, 5.74) is 2.32. The van der Waals surface area contributed by atoms with Crippen molar-refractivity contribution in [3.05, 3.63) is 54.5 Å². The van der Waals surface area contributed by atoms with Gasteiger partial charge in [0.05, 0.1) is 12.3 Å². The average molecular weight is 267 g/mol. The molecule has 3 rings (SSSR count). The third kappa shape index (κ3) is 2.03. The number of imidazole rings is 1. The molecule has 3 heterocycles. The van der Waals surface area contributed by atoms with Crippen LogP contribution in [0.3, 0.4) is 0 Å². The SMILES string of the molecule is CCOC(=O)c1nc2ccccn2c1-c1ccccn1. The molecule has 0 spiro atoms. The van der Waals surface area contributed by atoms with Crippen LogP contribution in [-0.4, -0.2) is 26.9 Å². The zero-order valence-corrected chi connectivity index (χ0v) is 11.0. The van der Waals surface area contributed by atoms with E-state index in [1.54, 1.807) is 13.1 Å². The molecule has 0 amide bonds. The highest BCUT2D eigenvalue weighted by Gasteiger charge is 2.21. The van der Waals surface area contributed by atoms with Gasteiger partial charge in [-0.3, -0.25) is 9.38 Å². The van der Waals surface area contributed by atoms with Crippen molar-refractivity contribution in [2.45, 2.75) is 6.92 Å². The van der Waals surface area contributed by atoms with Gasteiger partial charge in [0.2, 0.25) is 0 Å². The summed E-state index contributed by atoms with van der Waals surface area (Å²) in [7, 11) is 0. The highest BCUT2D eigenvalue weighted by molar-refractivity contribution is 5.95. The lowest BCUT2D eigenvalue weighted by Crippen LogP contribution is -2.07. The second-order valence-electron chi connectivity index (χ2n) is 4.17. The van der Waals surface area contributed by atoms with Crippen LogP contribution in [0.15, 0.2) is 48.8 Å². The van der Waals surface area contributed by atoms with Crippen molar-refractivity contribution in [2.24, 2.45) is 0 Å². The molecule has 0 aliphatic carbocycles. The smallest absolute Gasteiger partial charge is 0.359 e. The molecule has 100 valence electrons. The quantitative estimate of drug-likeness (QED) is 0.684. The Hall–Kier alpha value is -2.69. The molecule has 0 saturated carbocycles. The maximum Gasteiger partial charge on any atom is 0.359 e. The first-order valence-corrected chi connectivity index (χ1v) is 6.37. The van der Waals surface area contributed by atoms with E-state index in [1.807, 2.05) is 47.0 Å². The van der Waals surface area contributed by atoms with Crippen molar-refractivity contribution in [1.82, 2.24) is 14.4 Å². The van der Waals surface area contributed by atoms with E-state index < -0.39 is 5.97 Å². The monoisotopic (exact) mass is 267 g/mol.